The monoisotopic (exact) mass is 312 g/mol. The number of thioether (sulfide) groups is 1. The van der Waals surface area contributed by atoms with Crippen molar-refractivity contribution < 1.29 is 9.84 Å². The van der Waals surface area contributed by atoms with Crippen LogP contribution in [0.4, 0.5) is 11.6 Å². The van der Waals surface area contributed by atoms with E-state index in [0.717, 1.165) is 42.7 Å². The first kappa shape index (κ1) is 16.3. The van der Waals surface area contributed by atoms with Crippen molar-refractivity contribution in [2.24, 2.45) is 0 Å². The third-order valence-electron chi connectivity index (χ3n) is 3.35. The summed E-state index contributed by atoms with van der Waals surface area (Å²) in [6, 6.07) is 1.81. The summed E-state index contributed by atoms with van der Waals surface area (Å²) in [5.74, 6) is 2.37. The van der Waals surface area contributed by atoms with Gasteiger partial charge in [0.1, 0.15) is 11.6 Å². The number of aliphatic hydroxyl groups is 1. The van der Waals surface area contributed by atoms with Crippen LogP contribution in [0.3, 0.4) is 0 Å². The normalized spacial score (nSPS) is 19.0. The first-order valence-corrected chi connectivity index (χ1v) is 8.46. The molecule has 0 saturated carbocycles. The maximum Gasteiger partial charge on any atom is 0.191 e. The van der Waals surface area contributed by atoms with Crippen LogP contribution in [0, 0.1) is 0 Å². The Morgan fingerprint density at radius 1 is 1.52 bits per heavy atom. The molecule has 1 aliphatic rings. The van der Waals surface area contributed by atoms with Crippen LogP contribution >= 0.6 is 11.8 Å². The van der Waals surface area contributed by atoms with E-state index in [-0.39, 0.29) is 12.7 Å². The minimum Gasteiger partial charge on any atom is -0.396 e. The van der Waals surface area contributed by atoms with E-state index < -0.39 is 0 Å². The molecule has 2 heterocycles. The number of rotatable bonds is 7. The fourth-order valence-electron chi connectivity index (χ4n) is 2.21. The number of hydrogen-bond acceptors (Lipinski definition) is 7. The Bertz CT molecular complexity index is 445. The summed E-state index contributed by atoms with van der Waals surface area (Å²) in [6.45, 7) is 4.48. The molecule has 0 spiro atoms. The third-order valence-corrected chi connectivity index (χ3v) is 4.29. The molecule has 0 amide bonds. The van der Waals surface area contributed by atoms with Gasteiger partial charge in [0.05, 0.1) is 12.7 Å². The highest BCUT2D eigenvalue weighted by Crippen LogP contribution is 2.23. The molecule has 21 heavy (non-hydrogen) atoms. The smallest absolute Gasteiger partial charge is 0.191 e. The number of ether oxygens (including phenoxy) is 1. The Kier molecular flexibility index (Phi) is 6.53. The van der Waals surface area contributed by atoms with Crippen molar-refractivity contribution in [1.29, 1.82) is 0 Å². The van der Waals surface area contributed by atoms with Gasteiger partial charge in [0, 0.05) is 31.5 Å². The molecule has 2 rings (SSSR count). The summed E-state index contributed by atoms with van der Waals surface area (Å²) < 4.78 is 5.63. The van der Waals surface area contributed by atoms with Crippen LogP contribution in [-0.2, 0) is 4.74 Å². The summed E-state index contributed by atoms with van der Waals surface area (Å²) in [7, 11) is 0. The van der Waals surface area contributed by atoms with Crippen molar-refractivity contribution in [1.82, 2.24) is 9.97 Å². The first-order valence-electron chi connectivity index (χ1n) is 7.47. The summed E-state index contributed by atoms with van der Waals surface area (Å²) in [6.07, 6.45) is 3.01. The summed E-state index contributed by atoms with van der Waals surface area (Å²) >= 11 is 1.65. The fraction of sp³-hybridized carbons (Fsp3) is 0.714. The van der Waals surface area contributed by atoms with Gasteiger partial charge in [-0.15, -0.1) is 0 Å². The minimum atomic E-state index is 0.0520. The van der Waals surface area contributed by atoms with Crippen LogP contribution < -0.4 is 10.6 Å². The molecule has 0 radical (unpaired) electrons. The van der Waals surface area contributed by atoms with E-state index in [4.69, 9.17) is 15.6 Å². The second-order valence-corrected chi connectivity index (χ2v) is 6.15. The van der Waals surface area contributed by atoms with E-state index in [1.54, 1.807) is 11.8 Å². The second-order valence-electron chi connectivity index (χ2n) is 5.09. The minimum absolute atomic E-state index is 0.0520. The van der Waals surface area contributed by atoms with Crippen molar-refractivity contribution in [2.75, 3.05) is 42.7 Å². The molecule has 1 aliphatic heterocycles. The molecule has 0 aromatic carbocycles. The van der Waals surface area contributed by atoms with Crippen molar-refractivity contribution in [3.05, 3.63) is 6.07 Å². The topological polar surface area (TPSA) is 84.5 Å². The molecule has 1 aromatic rings. The largest absolute Gasteiger partial charge is 0.396 e. The van der Waals surface area contributed by atoms with Gasteiger partial charge in [0.15, 0.2) is 5.16 Å². The Hall–Kier alpha value is -1.05. The van der Waals surface area contributed by atoms with Crippen molar-refractivity contribution in [2.45, 2.75) is 37.4 Å². The van der Waals surface area contributed by atoms with Crippen LogP contribution in [-0.4, -0.2) is 53.2 Å². The van der Waals surface area contributed by atoms with Crippen molar-refractivity contribution >= 4 is 23.4 Å². The van der Waals surface area contributed by atoms with E-state index in [9.17, 15) is 0 Å². The van der Waals surface area contributed by atoms with E-state index >= 15 is 0 Å². The number of unbranched alkanes of at least 4 members (excludes halogenated alkanes) is 1. The van der Waals surface area contributed by atoms with Gasteiger partial charge < -0.3 is 20.5 Å². The number of aliphatic hydroxyl groups excluding tert-OH is 1. The molecule has 7 heteroatoms. The van der Waals surface area contributed by atoms with Crippen LogP contribution in [0.1, 0.15) is 26.2 Å². The highest BCUT2D eigenvalue weighted by Gasteiger charge is 2.21. The number of nitrogens with zero attached hydrogens (tertiary/aromatic N) is 3. The summed E-state index contributed by atoms with van der Waals surface area (Å²) in [4.78, 5) is 11.0. The fourth-order valence-corrected chi connectivity index (χ4v) is 3.15. The highest BCUT2D eigenvalue weighted by molar-refractivity contribution is 7.99. The SMILES string of the molecule is CCCCSc1nc(N)cc(N2CCO[C@@H](CCO)C2)n1. The highest BCUT2D eigenvalue weighted by atomic mass is 32.2. The van der Waals surface area contributed by atoms with Crippen molar-refractivity contribution in [3.63, 3.8) is 0 Å². The molecular formula is C14H24N4O2S. The summed E-state index contributed by atoms with van der Waals surface area (Å²) in [5.41, 5.74) is 5.90. The maximum absolute atomic E-state index is 9.04. The van der Waals surface area contributed by atoms with Gasteiger partial charge >= 0.3 is 0 Å². The number of morpholine rings is 1. The molecule has 1 fully saturated rings. The van der Waals surface area contributed by atoms with Crippen molar-refractivity contribution in [3.8, 4) is 0 Å². The molecule has 6 nitrogen and oxygen atoms in total. The zero-order chi connectivity index (χ0) is 15.1. The van der Waals surface area contributed by atoms with Crippen LogP contribution in [0.2, 0.25) is 0 Å². The number of aromatic nitrogens is 2. The Labute approximate surface area is 130 Å². The van der Waals surface area contributed by atoms with Crippen LogP contribution in [0.15, 0.2) is 11.2 Å². The standard InChI is InChI=1S/C14H24N4O2S/c1-2-3-8-21-14-16-12(15)9-13(17-14)18-5-7-20-11(10-18)4-6-19/h9,11,19H,2-8,10H2,1H3,(H2,15,16,17)/t11-/m0/s1. The van der Waals surface area contributed by atoms with Gasteiger partial charge in [-0.3, -0.25) is 0 Å². The Morgan fingerprint density at radius 2 is 2.38 bits per heavy atom. The van der Waals surface area contributed by atoms with Gasteiger partial charge in [0.25, 0.3) is 0 Å². The molecule has 0 bridgehead atoms. The summed E-state index contributed by atoms with van der Waals surface area (Å²) in [5, 5.41) is 9.78. The number of nitrogens with two attached hydrogens (primary N) is 1. The lowest BCUT2D eigenvalue weighted by Gasteiger charge is -2.33. The van der Waals surface area contributed by atoms with Gasteiger partial charge in [0.2, 0.25) is 0 Å². The molecule has 1 atom stereocenters. The quantitative estimate of drug-likeness (QED) is 0.449. The lowest BCUT2D eigenvalue weighted by molar-refractivity contribution is 0.0244. The Morgan fingerprint density at radius 3 is 3.14 bits per heavy atom. The molecule has 3 N–H and O–H groups in total. The van der Waals surface area contributed by atoms with Crippen LogP contribution in [0.5, 0.6) is 0 Å². The third kappa shape index (κ3) is 5.01. The first-order chi connectivity index (χ1) is 10.2. The molecule has 0 unspecified atom stereocenters. The average molecular weight is 312 g/mol. The molecule has 1 saturated heterocycles. The Balaban J connectivity index is 2.04. The van der Waals surface area contributed by atoms with Gasteiger partial charge in [-0.1, -0.05) is 25.1 Å². The lowest BCUT2D eigenvalue weighted by atomic mass is 10.2. The van der Waals surface area contributed by atoms with Gasteiger partial charge in [-0.2, -0.15) is 0 Å². The van der Waals surface area contributed by atoms with E-state index in [2.05, 4.69) is 21.8 Å². The average Bonchev–Trinajstić information content (AvgIpc) is 2.48. The second kappa shape index (κ2) is 8.41. The number of hydrogen-bond donors (Lipinski definition) is 2. The molecular weight excluding hydrogens is 288 g/mol. The predicted octanol–water partition coefficient (Wildman–Crippen LogP) is 1.54. The van der Waals surface area contributed by atoms with Gasteiger partial charge in [-0.05, 0) is 12.8 Å². The zero-order valence-corrected chi connectivity index (χ0v) is 13.3. The van der Waals surface area contributed by atoms with E-state index in [0.29, 0.717) is 18.8 Å². The lowest BCUT2D eigenvalue weighted by Crippen LogP contribution is -2.43. The zero-order valence-electron chi connectivity index (χ0n) is 12.5. The predicted molar refractivity (Wildman–Crippen MR) is 85.7 cm³/mol. The van der Waals surface area contributed by atoms with E-state index in [1.165, 1.54) is 0 Å². The molecule has 0 aliphatic carbocycles. The molecule has 118 valence electrons. The van der Waals surface area contributed by atoms with Gasteiger partial charge in [-0.25, -0.2) is 9.97 Å². The molecule has 1 aromatic heterocycles. The maximum atomic E-state index is 9.04. The number of anilines is 2. The van der Waals surface area contributed by atoms with Crippen LogP contribution in [0.25, 0.3) is 0 Å². The number of nitrogen functional groups attached to an aromatic ring is 1. The van der Waals surface area contributed by atoms with E-state index in [1.807, 2.05) is 6.07 Å².